The lowest BCUT2D eigenvalue weighted by Gasteiger charge is -2.58. The van der Waals surface area contributed by atoms with E-state index in [9.17, 15) is 56.2 Å². The van der Waals surface area contributed by atoms with Gasteiger partial charge in [0.15, 0.2) is 18.9 Å². The quantitative estimate of drug-likeness (QED) is 0.0998. The summed E-state index contributed by atoms with van der Waals surface area (Å²) in [4.78, 5) is 0. The summed E-state index contributed by atoms with van der Waals surface area (Å²) >= 11 is 0. The minimum absolute atomic E-state index is 0.0178. The van der Waals surface area contributed by atoms with Crippen LogP contribution in [0.1, 0.15) is 85.5 Å². The van der Waals surface area contributed by atoms with Crippen LogP contribution in [0.4, 0.5) is 0 Å². The van der Waals surface area contributed by atoms with E-state index in [1.807, 2.05) is 6.92 Å². The fraction of sp³-hybridized carbons (Fsp3) is 0.911. The zero-order valence-electron chi connectivity index (χ0n) is 36.7. The molecule has 6 fully saturated rings. The number of aliphatic hydroxyl groups is 11. The highest BCUT2D eigenvalue weighted by molar-refractivity contribution is 5.30. The summed E-state index contributed by atoms with van der Waals surface area (Å²) in [5.74, 6) is 3.03. The Morgan fingerprint density at radius 1 is 0.714 bits per heavy atom. The molecule has 18 nitrogen and oxygen atoms in total. The number of allylic oxidation sites excluding steroid dienone is 2. The van der Waals surface area contributed by atoms with Gasteiger partial charge < -0.3 is 89.3 Å². The van der Waals surface area contributed by atoms with Crippen LogP contribution in [0.2, 0.25) is 0 Å². The number of hydrogen-bond donors (Lipinski definition) is 11. The first-order valence-electron chi connectivity index (χ1n) is 23.2. The fourth-order valence-corrected chi connectivity index (χ4v) is 13.0. The molecule has 63 heavy (non-hydrogen) atoms. The Kier molecular flexibility index (Phi) is 14.5. The van der Waals surface area contributed by atoms with Gasteiger partial charge in [0.2, 0.25) is 0 Å². The van der Waals surface area contributed by atoms with Gasteiger partial charge >= 0.3 is 0 Å². The van der Waals surface area contributed by atoms with Crippen LogP contribution in [-0.4, -0.2) is 187 Å². The molecule has 8 rings (SSSR count). The van der Waals surface area contributed by atoms with E-state index in [1.54, 1.807) is 0 Å². The largest absolute Gasteiger partial charge is 0.494 e. The Hall–Kier alpha value is -1.40. The van der Waals surface area contributed by atoms with Crippen molar-refractivity contribution in [1.29, 1.82) is 0 Å². The van der Waals surface area contributed by atoms with Crippen molar-refractivity contribution < 1.29 is 89.3 Å². The van der Waals surface area contributed by atoms with Crippen LogP contribution in [0, 0.1) is 40.4 Å². The smallest absolute Gasteiger partial charge is 0.186 e. The molecule has 4 aliphatic heterocycles. The molecule has 360 valence electrons. The summed E-state index contributed by atoms with van der Waals surface area (Å²) < 4.78 is 41.5. The van der Waals surface area contributed by atoms with Crippen molar-refractivity contribution in [1.82, 2.24) is 0 Å². The second-order valence-corrected chi connectivity index (χ2v) is 20.5. The van der Waals surface area contributed by atoms with E-state index in [0.717, 1.165) is 50.7 Å². The molecule has 4 aliphatic carbocycles. The van der Waals surface area contributed by atoms with Gasteiger partial charge in [-0.3, -0.25) is 0 Å². The molecular weight excluding hydrogens is 828 g/mol. The van der Waals surface area contributed by atoms with Gasteiger partial charge in [0.25, 0.3) is 0 Å². The van der Waals surface area contributed by atoms with Crippen LogP contribution in [0.3, 0.4) is 0 Å². The lowest BCUT2D eigenvalue weighted by atomic mass is 9.47. The average molecular weight is 901 g/mol. The summed E-state index contributed by atoms with van der Waals surface area (Å²) in [6.45, 7) is 7.86. The first-order valence-corrected chi connectivity index (χ1v) is 23.2. The standard InChI is InChI=1S/C45H72O18/c1-19(17-57-41-38(54)35(51)32(48)28(15-46)61-41)5-8-26-20(2)31-27(60-26)14-25-23-7-6-21-13-22(9-11-44(21,3)24(23)10-12-45(25,31)4)59-43-40(56)37(53)34(50)30(63-43)18-58-42-39(55)36(52)33(49)29(16-47)62-42/h6,19,22-25,27-43,46-56H,5,7-18H2,1-4H3/t19-,22+,23-,24+,25+,27+,28-,29-,30-,31+,32-,33-,34-,35+,36+,37+,38-,39-,40-,41-,42-,43-,44+,45+/m1/s1. The monoisotopic (exact) mass is 900 g/mol. The molecule has 0 spiro atoms. The highest BCUT2D eigenvalue weighted by atomic mass is 16.7. The normalized spacial score (nSPS) is 51.4. The predicted octanol–water partition coefficient (Wildman–Crippen LogP) is -0.910. The van der Waals surface area contributed by atoms with Crippen molar-refractivity contribution in [2.45, 2.75) is 190 Å². The zero-order valence-corrected chi connectivity index (χ0v) is 36.7. The number of ether oxygens (including phenoxy) is 7. The zero-order chi connectivity index (χ0) is 45.3. The van der Waals surface area contributed by atoms with Gasteiger partial charge in [0.1, 0.15) is 79.4 Å². The third-order valence-electron chi connectivity index (χ3n) is 16.8. The van der Waals surface area contributed by atoms with Crippen molar-refractivity contribution >= 4 is 0 Å². The van der Waals surface area contributed by atoms with E-state index in [4.69, 9.17) is 33.2 Å². The Morgan fingerprint density at radius 2 is 1.30 bits per heavy atom. The van der Waals surface area contributed by atoms with E-state index in [0.29, 0.717) is 36.5 Å². The Bertz CT molecular complexity index is 1640. The average Bonchev–Trinajstić information content (AvgIpc) is 3.76. The van der Waals surface area contributed by atoms with E-state index >= 15 is 0 Å². The molecule has 11 N–H and O–H groups in total. The fourth-order valence-electron chi connectivity index (χ4n) is 13.0. The molecule has 0 aromatic carbocycles. The van der Waals surface area contributed by atoms with Crippen LogP contribution in [-0.2, 0) is 33.2 Å². The molecule has 8 aliphatic rings. The molecule has 0 unspecified atom stereocenters. The number of rotatable bonds is 13. The summed E-state index contributed by atoms with van der Waals surface area (Å²) in [5.41, 5.74) is 2.78. The molecule has 24 atom stereocenters. The molecule has 0 aromatic rings. The third kappa shape index (κ3) is 8.71. The summed E-state index contributed by atoms with van der Waals surface area (Å²) in [5, 5.41) is 113. The maximum Gasteiger partial charge on any atom is 0.186 e. The molecule has 3 saturated carbocycles. The van der Waals surface area contributed by atoms with Gasteiger partial charge in [-0.05, 0) is 98.4 Å². The van der Waals surface area contributed by atoms with Crippen molar-refractivity contribution in [3.8, 4) is 0 Å². The van der Waals surface area contributed by atoms with Crippen molar-refractivity contribution in [2.75, 3.05) is 26.4 Å². The van der Waals surface area contributed by atoms with E-state index in [-0.39, 0.29) is 35.6 Å². The highest BCUT2D eigenvalue weighted by Gasteiger charge is 2.64. The topological polar surface area (TPSA) is 287 Å². The van der Waals surface area contributed by atoms with Crippen LogP contribution < -0.4 is 0 Å². The van der Waals surface area contributed by atoms with Crippen molar-refractivity contribution in [2.24, 2.45) is 40.4 Å². The molecule has 4 heterocycles. The molecule has 0 radical (unpaired) electrons. The minimum Gasteiger partial charge on any atom is -0.494 e. The van der Waals surface area contributed by atoms with Crippen molar-refractivity contribution in [3.63, 3.8) is 0 Å². The highest BCUT2D eigenvalue weighted by Crippen LogP contribution is 2.69. The van der Waals surface area contributed by atoms with Gasteiger partial charge in [0, 0.05) is 12.3 Å². The summed E-state index contributed by atoms with van der Waals surface area (Å²) in [6, 6.07) is 0. The van der Waals surface area contributed by atoms with Gasteiger partial charge in [-0.15, -0.1) is 0 Å². The van der Waals surface area contributed by atoms with Crippen LogP contribution in [0.25, 0.3) is 0 Å². The number of fused-ring (bicyclic) bond motifs is 7. The van der Waals surface area contributed by atoms with E-state index in [1.165, 1.54) is 11.1 Å². The Morgan fingerprint density at radius 3 is 1.94 bits per heavy atom. The first kappa shape index (κ1) is 48.1. The van der Waals surface area contributed by atoms with Gasteiger partial charge in [-0.25, -0.2) is 0 Å². The number of hydrogen-bond acceptors (Lipinski definition) is 18. The lowest BCUT2D eigenvalue weighted by Crippen LogP contribution is -2.62. The molecule has 18 heteroatoms. The van der Waals surface area contributed by atoms with E-state index < -0.39 is 112 Å². The predicted molar refractivity (Wildman–Crippen MR) is 218 cm³/mol. The lowest BCUT2D eigenvalue weighted by molar-refractivity contribution is -0.336. The second kappa shape index (κ2) is 18.9. The molecule has 0 aromatic heterocycles. The Balaban J connectivity index is 0.851. The first-order chi connectivity index (χ1) is 29.9. The Labute approximate surface area is 368 Å². The summed E-state index contributed by atoms with van der Waals surface area (Å²) in [6.07, 6.45) is -11.0. The summed E-state index contributed by atoms with van der Waals surface area (Å²) in [7, 11) is 0. The maximum atomic E-state index is 10.9. The van der Waals surface area contributed by atoms with Crippen LogP contribution in [0.15, 0.2) is 23.0 Å². The van der Waals surface area contributed by atoms with Gasteiger partial charge in [-0.2, -0.15) is 0 Å². The van der Waals surface area contributed by atoms with Crippen LogP contribution in [0.5, 0.6) is 0 Å². The third-order valence-corrected chi connectivity index (χ3v) is 16.8. The molecule has 0 bridgehead atoms. The maximum absolute atomic E-state index is 10.9. The van der Waals surface area contributed by atoms with Crippen LogP contribution >= 0.6 is 0 Å². The van der Waals surface area contributed by atoms with E-state index in [2.05, 4.69) is 26.8 Å². The minimum atomic E-state index is -1.66. The molecule has 0 amide bonds. The molecule has 3 saturated heterocycles. The second-order valence-electron chi connectivity index (χ2n) is 20.5. The van der Waals surface area contributed by atoms with Gasteiger partial charge in [0.05, 0.1) is 38.3 Å². The molecular formula is C45H72O18. The number of aliphatic hydroxyl groups excluding tert-OH is 11. The van der Waals surface area contributed by atoms with Gasteiger partial charge in [-0.1, -0.05) is 32.4 Å². The SMILES string of the molecule is CC1=C(CC[C@@H](C)CO[C@@H]2O[C@H](CO)[C@@H](O)[C@H](O)[C@H]2O)O[C@H]2C[C@H]3[C@@H]4CC=C5C[C@@H](O[C@@H]6O[C@H](CO[C@@H]7O[C@H](CO)[C@@H](O)[C@H](O)[C@H]7O)[C@@H](O)[C@H](O)[C@H]6O)CC[C@]5(C)[C@H]4CC[C@]3(C)[C@@H]12. The van der Waals surface area contributed by atoms with Crippen molar-refractivity contribution in [3.05, 3.63) is 23.0 Å².